The van der Waals surface area contributed by atoms with Gasteiger partial charge < -0.3 is 20.0 Å². The molecule has 0 saturated carbocycles. The van der Waals surface area contributed by atoms with E-state index in [4.69, 9.17) is 0 Å². The zero-order chi connectivity index (χ0) is 18.6. The van der Waals surface area contributed by atoms with Crippen LogP contribution in [0.2, 0.25) is 0 Å². The molecular weight excluding hydrogens is 332 g/mol. The average Bonchev–Trinajstić information content (AvgIpc) is 2.94. The van der Waals surface area contributed by atoms with Crippen LogP contribution in [0.3, 0.4) is 0 Å². The van der Waals surface area contributed by atoms with Crippen LogP contribution in [-0.2, 0) is 9.59 Å². The second-order valence-electron chi connectivity index (χ2n) is 8.88. The fraction of sp³-hybridized carbons (Fsp3) is 0.800. The molecule has 4 saturated heterocycles. The summed E-state index contributed by atoms with van der Waals surface area (Å²) in [5.74, 6) is -2.26. The van der Waals surface area contributed by atoms with Crippen LogP contribution >= 0.6 is 0 Å². The predicted molar refractivity (Wildman–Crippen MR) is 96.9 cm³/mol. The van der Waals surface area contributed by atoms with E-state index in [1.807, 2.05) is 0 Å². The number of rotatable bonds is 4. The molecule has 6 nitrogen and oxygen atoms in total. The Morgan fingerprint density at radius 2 is 0.923 bits per heavy atom. The lowest BCUT2D eigenvalue weighted by molar-refractivity contribution is -0.137. The Kier molecular flexibility index (Phi) is 4.59. The molecule has 0 radical (unpaired) electrons. The van der Waals surface area contributed by atoms with Crippen LogP contribution in [0.1, 0.15) is 51.4 Å². The maximum absolute atomic E-state index is 12.2. The minimum Gasteiger partial charge on any atom is -0.478 e. The van der Waals surface area contributed by atoms with Gasteiger partial charge in [-0.3, -0.25) is 0 Å². The van der Waals surface area contributed by atoms with E-state index in [1.165, 1.54) is 0 Å². The molecule has 4 fully saturated rings. The van der Waals surface area contributed by atoms with Gasteiger partial charge >= 0.3 is 11.9 Å². The first-order valence-electron chi connectivity index (χ1n) is 10.0. The predicted octanol–water partition coefficient (Wildman–Crippen LogP) is 2.20. The van der Waals surface area contributed by atoms with E-state index in [0.717, 1.165) is 51.4 Å². The van der Waals surface area contributed by atoms with Gasteiger partial charge in [0.15, 0.2) is 0 Å². The summed E-state index contributed by atoms with van der Waals surface area (Å²) >= 11 is 0. The van der Waals surface area contributed by atoms with Gasteiger partial charge in [0, 0.05) is 24.2 Å². The van der Waals surface area contributed by atoms with Crippen molar-refractivity contribution in [3.05, 3.63) is 11.1 Å². The maximum Gasteiger partial charge on any atom is 0.332 e. The average molecular weight is 362 g/mol. The van der Waals surface area contributed by atoms with Crippen molar-refractivity contribution in [2.24, 2.45) is 11.8 Å². The van der Waals surface area contributed by atoms with Gasteiger partial charge in [-0.05, 0) is 77.3 Å². The number of aliphatic carboxylic acids is 2. The van der Waals surface area contributed by atoms with Crippen molar-refractivity contribution in [2.45, 2.75) is 75.5 Å². The van der Waals surface area contributed by atoms with E-state index in [1.54, 1.807) is 0 Å². The SMILES string of the molecule is CN1[C@@H]2CC[C@H]1CC(C(C(=O)O)=C(C(=O)O)C1C[C@H]3CC[C@@H](C1)N3C)C2. The third kappa shape index (κ3) is 2.87. The number of fused-ring (bicyclic) bond motifs is 4. The molecular formula is C20H30N2O4. The van der Waals surface area contributed by atoms with Gasteiger partial charge in [-0.2, -0.15) is 0 Å². The van der Waals surface area contributed by atoms with E-state index in [-0.39, 0.29) is 23.0 Å². The topological polar surface area (TPSA) is 81.1 Å². The van der Waals surface area contributed by atoms with Gasteiger partial charge in [-0.15, -0.1) is 0 Å². The van der Waals surface area contributed by atoms with Crippen molar-refractivity contribution >= 4 is 11.9 Å². The summed E-state index contributed by atoms with van der Waals surface area (Å²) in [4.78, 5) is 29.1. The lowest BCUT2D eigenvalue weighted by Gasteiger charge is -2.39. The summed E-state index contributed by atoms with van der Waals surface area (Å²) in [5, 5.41) is 20.0. The fourth-order valence-corrected chi connectivity index (χ4v) is 6.31. The molecule has 2 N–H and O–H groups in total. The summed E-state index contributed by atoms with van der Waals surface area (Å²) in [6, 6.07) is 1.60. The van der Waals surface area contributed by atoms with Gasteiger partial charge in [-0.25, -0.2) is 9.59 Å². The Balaban J connectivity index is 1.68. The van der Waals surface area contributed by atoms with E-state index >= 15 is 0 Å². The number of nitrogens with zero attached hydrogens (tertiary/aromatic N) is 2. The summed E-state index contributed by atoms with van der Waals surface area (Å²) in [6.07, 6.45) is 7.54. The third-order valence-electron chi connectivity index (χ3n) is 7.76. The number of hydrogen-bond acceptors (Lipinski definition) is 4. The second-order valence-corrected chi connectivity index (χ2v) is 8.88. The molecule has 6 atom stereocenters. The molecule has 4 aliphatic heterocycles. The third-order valence-corrected chi connectivity index (χ3v) is 7.76. The maximum atomic E-state index is 12.2. The van der Waals surface area contributed by atoms with E-state index < -0.39 is 11.9 Å². The first-order chi connectivity index (χ1) is 12.4. The highest BCUT2D eigenvalue weighted by Gasteiger charge is 2.46. The summed E-state index contributed by atoms with van der Waals surface area (Å²) in [6.45, 7) is 0. The Morgan fingerprint density at radius 3 is 1.15 bits per heavy atom. The fourth-order valence-electron chi connectivity index (χ4n) is 6.31. The highest BCUT2D eigenvalue weighted by molar-refractivity contribution is 5.99. The first kappa shape index (κ1) is 18.0. The van der Waals surface area contributed by atoms with Crippen molar-refractivity contribution < 1.29 is 19.8 Å². The molecule has 4 heterocycles. The Hall–Kier alpha value is -1.40. The Bertz CT molecular complexity index is 564. The smallest absolute Gasteiger partial charge is 0.332 e. The van der Waals surface area contributed by atoms with Gasteiger partial charge in [0.2, 0.25) is 0 Å². The van der Waals surface area contributed by atoms with Crippen molar-refractivity contribution in [3.8, 4) is 0 Å². The lowest BCUT2D eigenvalue weighted by atomic mass is 9.76. The van der Waals surface area contributed by atoms with E-state index in [9.17, 15) is 19.8 Å². The lowest BCUT2D eigenvalue weighted by Crippen LogP contribution is -2.43. The largest absolute Gasteiger partial charge is 0.478 e. The van der Waals surface area contributed by atoms with E-state index in [2.05, 4.69) is 23.9 Å². The standard InChI is InChI=1S/C20H30N2O4/c1-21-13-3-4-14(21)8-11(7-13)17(19(23)24)18(20(25)26)12-9-15-5-6-16(10-12)22(15)2/h11-16H,3-10H2,1-2H3,(H,23,24)(H,25,26)/t11?,12?,13-,14+,15-,16+. The molecule has 6 heteroatoms. The number of carboxylic acid groups (broad SMARTS) is 2. The first-order valence-corrected chi connectivity index (χ1v) is 10.0. The zero-order valence-electron chi connectivity index (χ0n) is 15.7. The Morgan fingerprint density at radius 1 is 0.654 bits per heavy atom. The molecule has 0 spiro atoms. The van der Waals surface area contributed by atoms with Crippen LogP contribution in [0.4, 0.5) is 0 Å². The molecule has 0 amide bonds. The molecule has 4 rings (SSSR count). The summed E-state index contributed by atoms with van der Waals surface area (Å²) in [7, 11) is 4.24. The van der Waals surface area contributed by atoms with Crippen LogP contribution in [-0.4, -0.2) is 70.2 Å². The zero-order valence-corrected chi connectivity index (χ0v) is 15.7. The highest BCUT2D eigenvalue weighted by Crippen LogP contribution is 2.45. The van der Waals surface area contributed by atoms with Crippen LogP contribution in [0, 0.1) is 11.8 Å². The van der Waals surface area contributed by atoms with Crippen molar-refractivity contribution in [3.63, 3.8) is 0 Å². The molecule has 0 aromatic rings. The van der Waals surface area contributed by atoms with Crippen LogP contribution in [0.5, 0.6) is 0 Å². The van der Waals surface area contributed by atoms with Crippen molar-refractivity contribution in [2.75, 3.05) is 14.1 Å². The van der Waals surface area contributed by atoms with Gasteiger partial charge in [-0.1, -0.05) is 0 Å². The normalized spacial score (nSPS) is 41.2. The quantitative estimate of drug-likeness (QED) is 0.746. The molecule has 4 aliphatic rings. The molecule has 0 aromatic heterocycles. The van der Waals surface area contributed by atoms with Gasteiger partial charge in [0.25, 0.3) is 0 Å². The summed E-state index contributed by atoms with van der Waals surface area (Å²) < 4.78 is 0. The minimum absolute atomic E-state index is 0.121. The monoisotopic (exact) mass is 362 g/mol. The minimum atomic E-state index is -1.01. The molecule has 2 unspecified atom stereocenters. The number of carboxylic acids is 2. The number of hydrogen-bond donors (Lipinski definition) is 2. The van der Waals surface area contributed by atoms with Crippen LogP contribution in [0.15, 0.2) is 11.1 Å². The van der Waals surface area contributed by atoms with Crippen molar-refractivity contribution in [1.82, 2.24) is 9.80 Å². The van der Waals surface area contributed by atoms with E-state index in [0.29, 0.717) is 24.2 Å². The molecule has 26 heavy (non-hydrogen) atoms. The molecule has 0 aliphatic carbocycles. The second kappa shape index (κ2) is 6.64. The Labute approximate surface area is 154 Å². The molecule has 144 valence electrons. The van der Waals surface area contributed by atoms with Gasteiger partial charge in [0.1, 0.15) is 0 Å². The summed E-state index contributed by atoms with van der Waals surface area (Å²) in [5.41, 5.74) is 0.438. The number of piperidine rings is 2. The van der Waals surface area contributed by atoms with Gasteiger partial charge in [0.05, 0.1) is 11.1 Å². The van der Waals surface area contributed by atoms with Crippen LogP contribution in [0.25, 0.3) is 0 Å². The molecule has 0 aromatic carbocycles. The molecule has 4 bridgehead atoms. The van der Waals surface area contributed by atoms with Crippen LogP contribution < -0.4 is 0 Å². The highest BCUT2D eigenvalue weighted by atomic mass is 16.4. The number of carbonyl (C=O) groups is 2. The van der Waals surface area contributed by atoms with Crippen molar-refractivity contribution in [1.29, 1.82) is 0 Å².